The fourth-order valence-corrected chi connectivity index (χ4v) is 3.81. The number of sulfonamides is 1. The number of nitrogens with zero attached hydrogens (tertiary/aromatic N) is 1. The molecule has 2 rings (SSSR count). The third kappa shape index (κ3) is 4.47. The van der Waals surface area contributed by atoms with E-state index in [1.54, 1.807) is 19.1 Å². The Labute approximate surface area is 141 Å². The average Bonchev–Trinajstić information content (AvgIpc) is 2.82. The molecule has 0 bridgehead atoms. The summed E-state index contributed by atoms with van der Waals surface area (Å²) in [5, 5.41) is 11.9. The van der Waals surface area contributed by atoms with E-state index in [0.29, 0.717) is 12.3 Å². The van der Waals surface area contributed by atoms with Crippen LogP contribution in [0.1, 0.15) is 13.3 Å². The number of rotatable bonds is 5. The molecular formula is C16H20N2O5S. The lowest BCUT2D eigenvalue weighted by Crippen LogP contribution is -2.36. The maximum atomic E-state index is 12.7. The molecule has 130 valence electrons. The first kappa shape index (κ1) is 18.3. The van der Waals surface area contributed by atoms with Crippen LogP contribution in [-0.4, -0.2) is 56.1 Å². The van der Waals surface area contributed by atoms with Crippen molar-refractivity contribution in [3.63, 3.8) is 0 Å². The number of carbonyl (C=O) groups is 1. The number of hydrogen-bond donors (Lipinski definition) is 2. The number of ether oxygens (including phenoxy) is 1. The number of carboxylic acid groups (broad SMARTS) is 1. The molecular weight excluding hydrogens is 332 g/mol. The Morgan fingerprint density at radius 1 is 1.38 bits per heavy atom. The van der Waals surface area contributed by atoms with Crippen molar-refractivity contribution in [2.24, 2.45) is 0 Å². The van der Waals surface area contributed by atoms with E-state index in [1.165, 1.54) is 16.4 Å². The van der Waals surface area contributed by atoms with E-state index in [2.05, 4.69) is 17.2 Å². The SMILES string of the molecule is CC#CCOc1ccc(S(=O)(=O)N2CCNC(C(=O)O)CC2)cc1. The van der Waals surface area contributed by atoms with Gasteiger partial charge in [-0.15, -0.1) is 5.92 Å². The largest absolute Gasteiger partial charge is 0.481 e. The Morgan fingerprint density at radius 3 is 2.71 bits per heavy atom. The zero-order valence-electron chi connectivity index (χ0n) is 13.4. The van der Waals surface area contributed by atoms with Crippen molar-refractivity contribution in [3.05, 3.63) is 24.3 Å². The molecule has 1 atom stereocenters. The van der Waals surface area contributed by atoms with Crippen LogP contribution >= 0.6 is 0 Å². The minimum absolute atomic E-state index is 0.158. The van der Waals surface area contributed by atoms with E-state index in [0.717, 1.165) is 0 Å². The van der Waals surface area contributed by atoms with E-state index in [-0.39, 0.29) is 31.0 Å². The molecule has 0 aliphatic carbocycles. The average molecular weight is 352 g/mol. The highest BCUT2D eigenvalue weighted by molar-refractivity contribution is 7.89. The van der Waals surface area contributed by atoms with E-state index in [1.807, 2.05) is 0 Å². The molecule has 0 aromatic heterocycles. The Morgan fingerprint density at radius 2 is 2.08 bits per heavy atom. The summed E-state index contributed by atoms with van der Waals surface area (Å²) in [7, 11) is -3.66. The predicted molar refractivity (Wildman–Crippen MR) is 88.2 cm³/mol. The maximum absolute atomic E-state index is 12.7. The lowest BCUT2D eigenvalue weighted by Gasteiger charge is -2.19. The number of hydrogen-bond acceptors (Lipinski definition) is 5. The number of benzene rings is 1. The summed E-state index contributed by atoms with van der Waals surface area (Å²) in [5.74, 6) is 5.04. The molecule has 1 aliphatic rings. The molecule has 1 unspecified atom stereocenters. The molecule has 2 N–H and O–H groups in total. The van der Waals surface area contributed by atoms with Crippen molar-refractivity contribution in [1.82, 2.24) is 9.62 Å². The van der Waals surface area contributed by atoms with Gasteiger partial charge in [-0.3, -0.25) is 4.79 Å². The molecule has 1 saturated heterocycles. The number of aliphatic carboxylic acids is 1. The van der Waals surface area contributed by atoms with Gasteiger partial charge >= 0.3 is 5.97 Å². The second-order valence-corrected chi connectivity index (χ2v) is 7.16. The van der Waals surface area contributed by atoms with Crippen LogP contribution in [0.3, 0.4) is 0 Å². The van der Waals surface area contributed by atoms with Crippen molar-refractivity contribution >= 4 is 16.0 Å². The highest BCUT2D eigenvalue weighted by atomic mass is 32.2. The molecule has 0 spiro atoms. The molecule has 0 saturated carbocycles. The van der Waals surface area contributed by atoms with Gasteiger partial charge in [-0.1, -0.05) is 5.92 Å². The molecule has 7 nitrogen and oxygen atoms in total. The number of nitrogens with one attached hydrogen (secondary N) is 1. The Balaban J connectivity index is 2.08. The molecule has 8 heteroatoms. The zero-order valence-corrected chi connectivity index (χ0v) is 14.2. The lowest BCUT2D eigenvalue weighted by molar-refractivity contribution is -0.139. The van der Waals surface area contributed by atoms with Gasteiger partial charge in [-0.25, -0.2) is 8.42 Å². The first-order valence-electron chi connectivity index (χ1n) is 7.54. The molecule has 24 heavy (non-hydrogen) atoms. The number of carboxylic acids is 1. The monoisotopic (exact) mass is 352 g/mol. The quantitative estimate of drug-likeness (QED) is 0.751. The van der Waals surface area contributed by atoms with Crippen molar-refractivity contribution in [2.45, 2.75) is 24.3 Å². The topological polar surface area (TPSA) is 95.9 Å². The standard InChI is InChI=1S/C16H20N2O5S/c1-2-3-12-23-13-4-6-14(7-5-13)24(21,22)18-10-8-15(16(19)20)17-9-11-18/h4-7,15,17H,8-12H2,1H3,(H,19,20). The van der Waals surface area contributed by atoms with Gasteiger partial charge < -0.3 is 15.2 Å². The third-order valence-electron chi connectivity index (χ3n) is 3.67. The summed E-state index contributed by atoms with van der Waals surface area (Å²) >= 11 is 0. The van der Waals surface area contributed by atoms with Gasteiger partial charge in [-0.05, 0) is 37.6 Å². The summed E-state index contributed by atoms with van der Waals surface area (Å²) in [6.07, 6.45) is 0.228. The summed E-state index contributed by atoms with van der Waals surface area (Å²) in [6.45, 7) is 2.65. The van der Waals surface area contributed by atoms with Gasteiger partial charge in [0.25, 0.3) is 0 Å². The summed E-state index contributed by atoms with van der Waals surface area (Å²) in [5.41, 5.74) is 0. The van der Waals surface area contributed by atoms with Crippen LogP contribution in [0.4, 0.5) is 0 Å². The molecule has 0 radical (unpaired) electrons. The molecule has 1 aromatic rings. The fourth-order valence-electron chi connectivity index (χ4n) is 2.35. The Hall–Kier alpha value is -2.08. The Kier molecular flexibility index (Phi) is 6.20. The third-order valence-corrected chi connectivity index (χ3v) is 5.58. The molecule has 1 heterocycles. The highest BCUT2D eigenvalue weighted by Gasteiger charge is 2.29. The van der Waals surface area contributed by atoms with E-state index < -0.39 is 22.0 Å². The van der Waals surface area contributed by atoms with Crippen LogP contribution in [0, 0.1) is 11.8 Å². The highest BCUT2D eigenvalue weighted by Crippen LogP contribution is 2.20. The lowest BCUT2D eigenvalue weighted by atomic mass is 10.2. The van der Waals surface area contributed by atoms with E-state index >= 15 is 0 Å². The van der Waals surface area contributed by atoms with Crippen LogP contribution in [0.5, 0.6) is 5.75 Å². The van der Waals surface area contributed by atoms with Crippen LogP contribution in [0.2, 0.25) is 0 Å². The van der Waals surface area contributed by atoms with Crippen LogP contribution in [0.15, 0.2) is 29.2 Å². The smallest absolute Gasteiger partial charge is 0.320 e. The first-order valence-corrected chi connectivity index (χ1v) is 8.98. The van der Waals surface area contributed by atoms with Gasteiger partial charge in [0.15, 0.2) is 0 Å². The van der Waals surface area contributed by atoms with Gasteiger partial charge in [0, 0.05) is 19.6 Å². The van der Waals surface area contributed by atoms with Crippen molar-refractivity contribution in [1.29, 1.82) is 0 Å². The molecule has 1 fully saturated rings. The first-order chi connectivity index (χ1) is 11.4. The predicted octanol–water partition coefficient (Wildman–Crippen LogP) is 0.526. The summed E-state index contributed by atoms with van der Waals surface area (Å²) < 4.78 is 32.0. The molecule has 1 aromatic carbocycles. The maximum Gasteiger partial charge on any atom is 0.320 e. The minimum Gasteiger partial charge on any atom is -0.481 e. The fraction of sp³-hybridized carbons (Fsp3) is 0.438. The van der Waals surface area contributed by atoms with Crippen LogP contribution in [-0.2, 0) is 14.8 Å². The van der Waals surface area contributed by atoms with Crippen molar-refractivity contribution in [3.8, 4) is 17.6 Å². The second-order valence-electron chi connectivity index (χ2n) is 5.22. The van der Waals surface area contributed by atoms with Gasteiger partial charge in [0.2, 0.25) is 10.0 Å². The van der Waals surface area contributed by atoms with Crippen molar-refractivity contribution < 1.29 is 23.1 Å². The summed E-state index contributed by atoms with van der Waals surface area (Å²) in [6, 6.07) is 5.41. The normalized spacial score (nSPS) is 19.0. The van der Waals surface area contributed by atoms with Crippen LogP contribution < -0.4 is 10.1 Å². The zero-order chi connectivity index (χ0) is 17.6. The van der Waals surface area contributed by atoms with E-state index in [4.69, 9.17) is 9.84 Å². The van der Waals surface area contributed by atoms with Gasteiger partial charge in [-0.2, -0.15) is 4.31 Å². The van der Waals surface area contributed by atoms with Crippen molar-refractivity contribution in [2.75, 3.05) is 26.2 Å². The molecule has 0 amide bonds. The van der Waals surface area contributed by atoms with E-state index in [9.17, 15) is 13.2 Å². The second kappa shape index (κ2) is 8.15. The Bertz CT molecular complexity index is 734. The van der Waals surface area contributed by atoms with Gasteiger partial charge in [0.05, 0.1) is 4.90 Å². The minimum atomic E-state index is -3.66. The van der Waals surface area contributed by atoms with Crippen LogP contribution in [0.25, 0.3) is 0 Å². The van der Waals surface area contributed by atoms with Gasteiger partial charge in [0.1, 0.15) is 18.4 Å². The molecule has 1 aliphatic heterocycles. The summed E-state index contributed by atoms with van der Waals surface area (Å²) in [4.78, 5) is 11.2.